The summed E-state index contributed by atoms with van der Waals surface area (Å²) in [5.74, 6) is -2.66. The Morgan fingerprint density at radius 1 is 1.29 bits per heavy atom. The van der Waals surface area contributed by atoms with Crippen LogP contribution in [0.4, 0.5) is 23.2 Å². The molecule has 1 aliphatic carbocycles. The van der Waals surface area contributed by atoms with Crippen molar-refractivity contribution in [3.63, 3.8) is 0 Å². The summed E-state index contributed by atoms with van der Waals surface area (Å²) in [6, 6.07) is 2.78. The molecule has 2 atom stereocenters. The van der Waals surface area contributed by atoms with Gasteiger partial charge in [0.15, 0.2) is 0 Å². The first kappa shape index (κ1) is 15.6. The maximum atomic E-state index is 13.1. The van der Waals surface area contributed by atoms with Crippen molar-refractivity contribution in [2.24, 2.45) is 5.92 Å². The molecule has 0 aliphatic heterocycles. The van der Waals surface area contributed by atoms with E-state index in [1.165, 1.54) is 6.07 Å². The van der Waals surface area contributed by atoms with Gasteiger partial charge in [0.25, 0.3) is 5.91 Å². The third kappa shape index (κ3) is 3.86. The number of carbonyl (C=O) groups excluding carboxylic acids is 1. The van der Waals surface area contributed by atoms with Gasteiger partial charge < -0.3 is 11.1 Å². The Bertz CT molecular complexity index is 530. The summed E-state index contributed by atoms with van der Waals surface area (Å²) < 4.78 is 51.2. The summed E-state index contributed by atoms with van der Waals surface area (Å²) in [7, 11) is 0. The van der Waals surface area contributed by atoms with E-state index in [2.05, 4.69) is 5.32 Å². The summed E-state index contributed by atoms with van der Waals surface area (Å²) in [4.78, 5) is 12.0. The summed E-state index contributed by atoms with van der Waals surface area (Å²) >= 11 is 0. The molecule has 1 aromatic carbocycles. The predicted molar refractivity (Wildman–Crippen MR) is 70.1 cm³/mol. The first-order valence-electron chi connectivity index (χ1n) is 6.70. The second-order valence-electron chi connectivity index (χ2n) is 5.31. The lowest BCUT2D eigenvalue weighted by Gasteiger charge is -2.31. The third-order valence-corrected chi connectivity index (χ3v) is 3.73. The molecule has 0 aromatic heterocycles. The number of anilines is 1. The Labute approximate surface area is 119 Å². The highest BCUT2D eigenvalue weighted by atomic mass is 19.4. The lowest BCUT2D eigenvalue weighted by Crippen LogP contribution is -2.41. The molecule has 21 heavy (non-hydrogen) atoms. The van der Waals surface area contributed by atoms with Gasteiger partial charge in [0.2, 0.25) is 0 Å². The van der Waals surface area contributed by atoms with Crippen LogP contribution in [-0.2, 0) is 0 Å². The molecule has 0 bridgehead atoms. The average Bonchev–Trinajstić information content (AvgIpc) is 2.41. The number of benzene rings is 1. The van der Waals surface area contributed by atoms with E-state index in [4.69, 9.17) is 5.73 Å². The lowest BCUT2D eigenvalue weighted by atomic mass is 9.85. The van der Waals surface area contributed by atoms with Crippen LogP contribution < -0.4 is 11.1 Å². The standard InChI is InChI=1S/C14H16F4N2O/c15-9-4-5-12(19)11(7-9)13(21)20-10-3-1-2-8(6-10)14(16,17)18/h4-5,7-8,10H,1-3,6,19H2,(H,20,21). The fourth-order valence-corrected chi connectivity index (χ4v) is 2.61. The number of hydrogen-bond donors (Lipinski definition) is 2. The third-order valence-electron chi connectivity index (χ3n) is 3.73. The van der Waals surface area contributed by atoms with Crippen LogP contribution in [0.3, 0.4) is 0 Å². The van der Waals surface area contributed by atoms with Gasteiger partial charge in [-0.25, -0.2) is 4.39 Å². The highest BCUT2D eigenvalue weighted by Gasteiger charge is 2.42. The molecular formula is C14H16F4N2O. The minimum absolute atomic E-state index is 0.0517. The van der Waals surface area contributed by atoms with Crippen molar-refractivity contribution >= 4 is 11.6 Å². The molecule has 116 valence electrons. The highest BCUT2D eigenvalue weighted by molar-refractivity contribution is 5.99. The van der Waals surface area contributed by atoms with E-state index in [1.54, 1.807) is 0 Å². The maximum absolute atomic E-state index is 13.1. The fourth-order valence-electron chi connectivity index (χ4n) is 2.61. The Kier molecular flexibility index (Phi) is 4.39. The van der Waals surface area contributed by atoms with Gasteiger partial charge in [0, 0.05) is 11.7 Å². The molecule has 0 spiro atoms. The molecule has 3 nitrogen and oxygen atoms in total. The van der Waals surface area contributed by atoms with Crippen LogP contribution in [0.5, 0.6) is 0 Å². The van der Waals surface area contributed by atoms with Crippen molar-refractivity contribution < 1.29 is 22.4 Å². The van der Waals surface area contributed by atoms with Crippen LogP contribution in [0.25, 0.3) is 0 Å². The average molecular weight is 304 g/mol. The number of halogens is 4. The van der Waals surface area contributed by atoms with Gasteiger partial charge in [-0.15, -0.1) is 0 Å². The second-order valence-corrected chi connectivity index (χ2v) is 5.31. The topological polar surface area (TPSA) is 55.1 Å². The summed E-state index contributed by atoms with van der Waals surface area (Å²) in [5.41, 5.74) is 5.63. The number of rotatable bonds is 2. The number of amides is 1. The van der Waals surface area contributed by atoms with Gasteiger partial charge in [-0.1, -0.05) is 6.42 Å². The number of carbonyl (C=O) groups is 1. The molecule has 0 radical (unpaired) electrons. The highest BCUT2D eigenvalue weighted by Crippen LogP contribution is 2.37. The number of hydrogen-bond acceptors (Lipinski definition) is 2. The van der Waals surface area contributed by atoms with Crippen molar-refractivity contribution in [2.45, 2.75) is 37.9 Å². The van der Waals surface area contributed by atoms with Crippen LogP contribution in [0, 0.1) is 11.7 Å². The fraction of sp³-hybridized carbons (Fsp3) is 0.500. The van der Waals surface area contributed by atoms with E-state index in [9.17, 15) is 22.4 Å². The molecule has 7 heteroatoms. The second kappa shape index (κ2) is 5.91. The summed E-state index contributed by atoms with van der Waals surface area (Å²) in [6.07, 6.45) is -3.44. The molecule has 1 amide bonds. The first-order valence-corrected chi connectivity index (χ1v) is 6.70. The van der Waals surface area contributed by atoms with Gasteiger partial charge >= 0.3 is 6.18 Å². The zero-order valence-electron chi connectivity index (χ0n) is 11.2. The Hall–Kier alpha value is -1.79. The molecular weight excluding hydrogens is 288 g/mol. The van der Waals surface area contributed by atoms with E-state index in [-0.39, 0.29) is 24.1 Å². The number of alkyl halides is 3. The Morgan fingerprint density at radius 2 is 2.00 bits per heavy atom. The Balaban J connectivity index is 2.04. The molecule has 0 heterocycles. The predicted octanol–water partition coefficient (Wildman–Crippen LogP) is 3.26. The molecule has 1 aromatic rings. The van der Waals surface area contributed by atoms with Crippen LogP contribution in [0.2, 0.25) is 0 Å². The van der Waals surface area contributed by atoms with Crippen molar-refractivity contribution in [3.05, 3.63) is 29.6 Å². The number of nitrogens with one attached hydrogen (secondary N) is 1. The molecule has 0 saturated heterocycles. The lowest BCUT2D eigenvalue weighted by molar-refractivity contribution is -0.183. The number of nitrogens with two attached hydrogens (primary N) is 1. The monoisotopic (exact) mass is 304 g/mol. The minimum atomic E-state index is -4.25. The summed E-state index contributed by atoms with van der Waals surface area (Å²) in [5, 5.41) is 2.52. The van der Waals surface area contributed by atoms with Crippen LogP contribution in [-0.4, -0.2) is 18.1 Å². The molecule has 1 saturated carbocycles. The van der Waals surface area contributed by atoms with Crippen molar-refractivity contribution in [1.29, 1.82) is 0 Å². The molecule has 1 aliphatic rings. The van der Waals surface area contributed by atoms with Crippen molar-refractivity contribution in [3.8, 4) is 0 Å². The Morgan fingerprint density at radius 3 is 2.67 bits per heavy atom. The normalized spacial score (nSPS) is 22.9. The first-order chi connectivity index (χ1) is 9.77. The van der Waals surface area contributed by atoms with E-state index < -0.39 is 29.9 Å². The number of nitrogen functional groups attached to an aromatic ring is 1. The van der Waals surface area contributed by atoms with E-state index >= 15 is 0 Å². The van der Waals surface area contributed by atoms with E-state index in [0.29, 0.717) is 12.8 Å². The van der Waals surface area contributed by atoms with Gasteiger partial charge in [0.05, 0.1) is 11.5 Å². The van der Waals surface area contributed by atoms with Crippen molar-refractivity contribution in [1.82, 2.24) is 5.32 Å². The smallest absolute Gasteiger partial charge is 0.391 e. The van der Waals surface area contributed by atoms with Gasteiger partial charge in [-0.2, -0.15) is 13.2 Å². The minimum Gasteiger partial charge on any atom is -0.398 e. The zero-order valence-corrected chi connectivity index (χ0v) is 11.2. The molecule has 1 fully saturated rings. The largest absolute Gasteiger partial charge is 0.398 e. The molecule has 2 unspecified atom stereocenters. The zero-order chi connectivity index (χ0) is 15.6. The van der Waals surface area contributed by atoms with Crippen LogP contribution >= 0.6 is 0 Å². The van der Waals surface area contributed by atoms with E-state index in [0.717, 1.165) is 12.1 Å². The molecule has 2 rings (SSSR count). The quantitative estimate of drug-likeness (QED) is 0.651. The van der Waals surface area contributed by atoms with Gasteiger partial charge in [-0.3, -0.25) is 4.79 Å². The maximum Gasteiger partial charge on any atom is 0.391 e. The van der Waals surface area contributed by atoms with Crippen LogP contribution in [0.15, 0.2) is 18.2 Å². The summed E-state index contributed by atoms with van der Waals surface area (Å²) in [6.45, 7) is 0. The van der Waals surface area contributed by atoms with Crippen LogP contribution in [0.1, 0.15) is 36.0 Å². The van der Waals surface area contributed by atoms with Gasteiger partial charge in [0.1, 0.15) is 5.82 Å². The SMILES string of the molecule is Nc1ccc(F)cc1C(=O)NC1CCCC(C(F)(F)F)C1. The van der Waals surface area contributed by atoms with Crippen molar-refractivity contribution in [2.75, 3.05) is 5.73 Å². The van der Waals surface area contributed by atoms with Gasteiger partial charge in [-0.05, 0) is 37.5 Å². The molecule has 3 N–H and O–H groups in total. The van der Waals surface area contributed by atoms with E-state index in [1.807, 2.05) is 0 Å².